The van der Waals surface area contributed by atoms with Crippen molar-refractivity contribution in [3.8, 4) is 17.3 Å². The number of rotatable bonds is 7. The molecule has 0 saturated heterocycles. The molecule has 7 heteroatoms. The number of benzene rings is 1. The Kier molecular flexibility index (Phi) is 7.77. The number of carbonyl (C=O) groups is 2. The Labute approximate surface area is 176 Å². The Hall–Kier alpha value is -4.05. The van der Waals surface area contributed by atoms with Crippen molar-refractivity contribution in [3.05, 3.63) is 71.6 Å². The number of nitrogens with zero attached hydrogens (tertiary/aromatic N) is 4. The molecule has 0 spiro atoms. The lowest BCUT2D eigenvalue weighted by molar-refractivity contribution is -0.116. The van der Waals surface area contributed by atoms with Gasteiger partial charge in [-0.2, -0.15) is 5.26 Å². The molecule has 30 heavy (non-hydrogen) atoms. The summed E-state index contributed by atoms with van der Waals surface area (Å²) >= 11 is 0. The molecule has 1 heterocycles. The SMILES string of the molecule is C=N/C=C\C=C(/C)CNC(=O)c1ccc(-c2ccc(N(C)C(C)=O)c(C#N)c2)nc1. The highest BCUT2D eigenvalue weighted by Gasteiger charge is 2.13. The van der Waals surface area contributed by atoms with Crippen LogP contribution in [0.3, 0.4) is 0 Å². The van der Waals surface area contributed by atoms with E-state index in [2.05, 4.69) is 28.1 Å². The Morgan fingerprint density at radius 2 is 2.07 bits per heavy atom. The number of nitriles is 1. The molecule has 152 valence electrons. The first-order chi connectivity index (χ1) is 14.4. The summed E-state index contributed by atoms with van der Waals surface area (Å²) in [6.45, 7) is 7.09. The van der Waals surface area contributed by atoms with E-state index in [9.17, 15) is 14.9 Å². The predicted molar refractivity (Wildman–Crippen MR) is 118 cm³/mol. The maximum atomic E-state index is 12.3. The largest absolute Gasteiger partial charge is 0.348 e. The molecule has 1 aromatic heterocycles. The molecule has 0 aliphatic heterocycles. The van der Waals surface area contributed by atoms with Crippen LogP contribution in [0.25, 0.3) is 11.3 Å². The average molecular weight is 401 g/mol. The van der Waals surface area contributed by atoms with E-state index in [1.165, 1.54) is 18.0 Å². The highest BCUT2D eigenvalue weighted by molar-refractivity contribution is 5.94. The summed E-state index contributed by atoms with van der Waals surface area (Å²) in [6.07, 6.45) is 6.65. The van der Waals surface area contributed by atoms with Crippen LogP contribution in [-0.2, 0) is 4.79 Å². The zero-order valence-corrected chi connectivity index (χ0v) is 17.2. The zero-order valence-electron chi connectivity index (χ0n) is 17.2. The number of aromatic nitrogens is 1. The fourth-order valence-corrected chi connectivity index (χ4v) is 2.59. The van der Waals surface area contributed by atoms with Crippen LogP contribution in [0.15, 0.2) is 65.4 Å². The second kappa shape index (κ2) is 10.5. The Morgan fingerprint density at radius 1 is 1.30 bits per heavy atom. The molecule has 0 radical (unpaired) electrons. The highest BCUT2D eigenvalue weighted by atomic mass is 16.2. The van der Waals surface area contributed by atoms with Gasteiger partial charge in [-0.05, 0) is 44.0 Å². The van der Waals surface area contributed by atoms with Crippen LogP contribution in [0.4, 0.5) is 5.69 Å². The van der Waals surface area contributed by atoms with Crippen LogP contribution >= 0.6 is 0 Å². The van der Waals surface area contributed by atoms with Gasteiger partial charge in [0.1, 0.15) is 6.07 Å². The van der Waals surface area contributed by atoms with Crippen molar-refractivity contribution in [3.63, 3.8) is 0 Å². The third-order valence-electron chi connectivity index (χ3n) is 4.37. The van der Waals surface area contributed by atoms with Crippen LogP contribution < -0.4 is 10.2 Å². The zero-order chi connectivity index (χ0) is 22.1. The summed E-state index contributed by atoms with van der Waals surface area (Å²) in [6, 6.07) is 10.7. The van der Waals surface area contributed by atoms with Gasteiger partial charge >= 0.3 is 0 Å². The molecule has 1 N–H and O–H groups in total. The maximum absolute atomic E-state index is 12.3. The smallest absolute Gasteiger partial charge is 0.253 e. The van der Waals surface area contributed by atoms with Gasteiger partial charge in [-0.25, -0.2) is 0 Å². The Bertz CT molecular complexity index is 1050. The lowest BCUT2D eigenvalue weighted by Gasteiger charge is -2.17. The van der Waals surface area contributed by atoms with Gasteiger partial charge in [0.2, 0.25) is 5.91 Å². The van der Waals surface area contributed by atoms with Gasteiger partial charge in [-0.15, -0.1) is 0 Å². The minimum Gasteiger partial charge on any atom is -0.348 e. The van der Waals surface area contributed by atoms with E-state index in [-0.39, 0.29) is 11.8 Å². The fraction of sp³-hybridized carbons (Fsp3) is 0.174. The minimum atomic E-state index is -0.233. The molecular formula is C23H23N5O2. The molecule has 0 aliphatic rings. The first-order valence-electron chi connectivity index (χ1n) is 9.18. The van der Waals surface area contributed by atoms with Gasteiger partial charge in [0.05, 0.1) is 22.5 Å². The molecule has 2 rings (SSSR count). The van der Waals surface area contributed by atoms with Crippen molar-refractivity contribution in [1.82, 2.24) is 10.3 Å². The van der Waals surface area contributed by atoms with Crippen molar-refractivity contribution in [2.24, 2.45) is 4.99 Å². The van der Waals surface area contributed by atoms with Crippen molar-refractivity contribution >= 4 is 24.2 Å². The second-order valence-electron chi connectivity index (χ2n) is 6.57. The second-order valence-corrected chi connectivity index (χ2v) is 6.57. The van der Waals surface area contributed by atoms with Crippen LogP contribution in [0, 0.1) is 11.3 Å². The van der Waals surface area contributed by atoms with E-state index in [4.69, 9.17) is 0 Å². The summed E-state index contributed by atoms with van der Waals surface area (Å²) in [5, 5.41) is 12.3. The van der Waals surface area contributed by atoms with Crippen LogP contribution in [-0.4, -0.2) is 37.1 Å². The van der Waals surface area contributed by atoms with Gasteiger partial charge in [0.25, 0.3) is 5.91 Å². The molecule has 0 fully saturated rings. The topological polar surface area (TPSA) is 98.5 Å². The van der Waals surface area contributed by atoms with E-state index >= 15 is 0 Å². The first-order valence-corrected chi connectivity index (χ1v) is 9.18. The predicted octanol–water partition coefficient (Wildman–Crippen LogP) is 3.49. The number of carbonyl (C=O) groups excluding carboxylic acids is 2. The molecule has 1 aromatic carbocycles. The maximum Gasteiger partial charge on any atom is 0.253 e. The number of amides is 2. The number of pyridine rings is 1. The average Bonchev–Trinajstić information content (AvgIpc) is 2.76. The molecule has 0 atom stereocenters. The molecule has 2 amide bonds. The van der Waals surface area contributed by atoms with Crippen molar-refractivity contribution in [2.75, 3.05) is 18.5 Å². The lowest BCUT2D eigenvalue weighted by Crippen LogP contribution is -2.25. The number of hydrogen-bond donors (Lipinski definition) is 1. The summed E-state index contributed by atoms with van der Waals surface area (Å²) in [7, 11) is 1.62. The molecule has 0 aliphatic carbocycles. The quantitative estimate of drug-likeness (QED) is 0.567. The third kappa shape index (κ3) is 5.72. The van der Waals surface area contributed by atoms with E-state index in [1.807, 2.05) is 13.0 Å². The van der Waals surface area contributed by atoms with Crippen LogP contribution in [0.2, 0.25) is 0 Å². The van der Waals surface area contributed by atoms with Gasteiger partial charge in [0, 0.05) is 38.5 Å². The summed E-state index contributed by atoms with van der Waals surface area (Å²) in [5.74, 6) is -0.394. The monoisotopic (exact) mass is 401 g/mol. The molecule has 0 unspecified atom stereocenters. The van der Waals surface area contributed by atoms with Crippen molar-refractivity contribution in [1.29, 1.82) is 5.26 Å². The standard InChI is InChI=1S/C23H23N5O2/c1-16(6-5-11-25-3)14-27-23(30)19-7-9-21(26-15-19)18-8-10-22(20(12-18)13-24)28(4)17(2)29/h5-12,15H,3,14H2,1-2,4H3,(H,27,30)/b11-5-,16-6+. The van der Waals surface area contributed by atoms with Crippen molar-refractivity contribution in [2.45, 2.75) is 13.8 Å². The molecular weight excluding hydrogens is 378 g/mol. The van der Waals surface area contributed by atoms with Crippen molar-refractivity contribution < 1.29 is 9.59 Å². The highest BCUT2D eigenvalue weighted by Crippen LogP contribution is 2.26. The van der Waals surface area contributed by atoms with E-state index < -0.39 is 0 Å². The summed E-state index contributed by atoms with van der Waals surface area (Å²) < 4.78 is 0. The number of hydrogen-bond acceptors (Lipinski definition) is 5. The Balaban J connectivity index is 2.14. The van der Waals surface area contributed by atoms with E-state index in [0.717, 1.165) is 11.1 Å². The fourth-order valence-electron chi connectivity index (χ4n) is 2.59. The molecule has 7 nitrogen and oxygen atoms in total. The van der Waals surface area contributed by atoms with Crippen LogP contribution in [0.5, 0.6) is 0 Å². The van der Waals surface area contributed by atoms with Gasteiger partial charge < -0.3 is 10.2 Å². The number of allylic oxidation sites excluding steroid dienone is 2. The Morgan fingerprint density at radius 3 is 2.67 bits per heavy atom. The lowest BCUT2D eigenvalue weighted by atomic mass is 10.0. The normalized spacial score (nSPS) is 11.1. The van der Waals surface area contributed by atoms with Gasteiger partial charge in [0.15, 0.2) is 0 Å². The minimum absolute atomic E-state index is 0.161. The molecule has 0 saturated carbocycles. The molecule has 2 aromatic rings. The van der Waals surface area contributed by atoms with Gasteiger partial charge in [-0.3, -0.25) is 19.6 Å². The molecule has 0 bridgehead atoms. The third-order valence-corrected chi connectivity index (χ3v) is 4.37. The summed E-state index contributed by atoms with van der Waals surface area (Å²) in [5.41, 5.74) is 3.65. The summed E-state index contributed by atoms with van der Waals surface area (Å²) in [4.78, 5) is 33.3. The number of aliphatic imine (C=N–C) groups is 1. The first kappa shape index (κ1) is 22.2. The number of nitrogens with one attached hydrogen (secondary N) is 1. The van der Waals surface area contributed by atoms with Gasteiger partial charge in [-0.1, -0.05) is 17.7 Å². The van der Waals surface area contributed by atoms with E-state index in [1.54, 1.807) is 49.7 Å². The van der Waals surface area contributed by atoms with Crippen LogP contribution in [0.1, 0.15) is 29.8 Å². The van der Waals surface area contributed by atoms with E-state index in [0.29, 0.717) is 29.1 Å². The number of anilines is 1.